The van der Waals surface area contributed by atoms with Crippen molar-refractivity contribution in [3.05, 3.63) is 17.8 Å². The number of aromatic nitrogens is 1. The first-order valence-corrected chi connectivity index (χ1v) is 4.28. The number of nitrogens with two attached hydrogens (primary N) is 1. The molecule has 5 heteroatoms. The lowest BCUT2D eigenvalue weighted by Gasteiger charge is -2.09. The molecule has 1 aromatic rings. The number of pyridine rings is 1. The second-order valence-electron chi connectivity index (χ2n) is 3.23. The third-order valence-corrected chi connectivity index (χ3v) is 1.64. The summed E-state index contributed by atoms with van der Waals surface area (Å²) in [5.74, 6) is 0.479. The van der Waals surface area contributed by atoms with Gasteiger partial charge in [-0.05, 0) is 20.2 Å². The van der Waals surface area contributed by atoms with Crippen LogP contribution in [0.5, 0.6) is 0 Å². The van der Waals surface area contributed by atoms with Crippen molar-refractivity contribution in [2.45, 2.75) is 6.54 Å². The molecule has 4 nitrogen and oxygen atoms in total. The molecule has 0 aliphatic heterocycles. The van der Waals surface area contributed by atoms with Gasteiger partial charge in [-0.1, -0.05) is 11.5 Å². The maximum atomic E-state index is 5.66. The van der Waals surface area contributed by atoms with Gasteiger partial charge in [-0.2, -0.15) is 0 Å². The predicted octanol–water partition coefficient (Wildman–Crippen LogP) is -0.445. The van der Waals surface area contributed by atoms with E-state index in [0.29, 0.717) is 11.3 Å². The summed E-state index contributed by atoms with van der Waals surface area (Å²) < 4.78 is 0. The van der Waals surface area contributed by atoms with E-state index in [1.54, 1.807) is 6.07 Å². The topological polar surface area (TPSA) is 54.5 Å². The summed E-state index contributed by atoms with van der Waals surface area (Å²) in [6.45, 7) is 0.757. The van der Waals surface area contributed by atoms with Crippen LogP contribution in [0.4, 0.5) is 5.82 Å². The second-order valence-corrected chi connectivity index (χ2v) is 3.23. The van der Waals surface area contributed by atoms with Crippen LogP contribution >= 0.6 is 0 Å². The second kappa shape index (κ2) is 4.76. The zero-order valence-electron chi connectivity index (χ0n) is 8.44. The van der Waals surface area contributed by atoms with Crippen molar-refractivity contribution in [2.75, 3.05) is 14.1 Å². The molecular formula is C9H13BN4. The largest absolute Gasteiger partial charge is 0.390 e. The average Bonchev–Trinajstić information content (AvgIpc) is 2.10. The highest BCUT2D eigenvalue weighted by Crippen LogP contribution is 2.05. The van der Waals surface area contributed by atoms with Gasteiger partial charge >= 0.3 is 0 Å². The molecule has 0 aromatic carbocycles. The van der Waals surface area contributed by atoms with Gasteiger partial charge < -0.3 is 10.6 Å². The van der Waals surface area contributed by atoms with E-state index < -0.39 is 0 Å². The fourth-order valence-electron chi connectivity index (χ4n) is 1.08. The third kappa shape index (κ3) is 2.85. The van der Waals surface area contributed by atoms with Gasteiger partial charge in [-0.15, -0.1) is 0 Å². The van der Waals surface area contributed by atoms with E-state index >= 15 is 0 Å². The molecule has 0 aliphatic rings. The Labute approximate surface area is 85.3 Å². The van der Waals surface area contributed by atoms with Crippen LogP contribution in [0.15, 0.2) is 17.1 Å². The van der Waals surface area contributed by atoms with Crippen LogP contribution in [0.3, 0.4) is 0 Å². The lowest BCUT2D eigenvalue weighted by atomic mass is 9.97. The minimum Gasteiger partial charge on any atom is -0.390 e. The Morgan fingerprint density at radius 3 is 2.86 bits per heavy atom. The van der Waals surface area contributed by atoms with Gasteiger partial charge in [0.1, 0.15) is 13.7 Å². The summed E-state index contributed by atoms with van der Waals surface area (Å²) in [6.07, 6.45) is 1.19. The molecule has 14 heavy (non-hydrogen) atoms. The van der Waals surface area contributed by atoms with Crippen molar-refractivity contribution in [1.82, 2.24) is 9.88 Å². The van der Waals surface area contributed by atoms with E-state index in [1.807, 2.05) is 25.1 Å². The third-order valence-electron chi connectivity index (χ3n) is 1.64. The summed E-state index contributed by atoms with van der Waals surface area (Å²) in [4.78, 5) is 10.2. The van der Waals surface area contributed by atoms with Gasteiger partial charge in [0, 0.05) is 6.54 Å². The first kappa shape index (κ1) is 10.7. The van der Waals surface area contributed by atoms with Crippen LogP contribution in [0.2, 0.25) is 0 Å². The smallest absolute Gasteiger partial charge is 0.146 e. The van der Waals surface area contributed by atoms with Crippen LogP contribution in [0, 0.1) is 0 Å². The fraction of sp³-hybridized carbons (Fsp3) is 0.333. The normalized spacial score (nSPS) is 11.4. The highest BCUT2D eigenvalue weighted by atomic mass is 15.1. The molecule has 0 aliphatic carbocycles. The Hall–Kier alpha value is -1.36. The Morgan fingerprint density at radius 2 is 2.29 bits per heavy atom. The van der Waals surface area contributed by atoms with E-state index in [2.05, 4.69) is 9.98 Å². The van der Waals surface area contributed by atoms with Crippen molar-refractivity contribution in [2.24, 2.45) is 10.7 Å². The molecular weight excluding hydrogens is 175 g/mol. The summed E-state index contributed by atoms with van der Waals surface area (Å²) in [5.41, 5.74) is 6.64. The molecule has 0 unspecified atom stereocenters. The summed E-state index contributed by atoms with van der Waals surface area (Å²) in [5, 5.41) is 0. The molecule has 0 atom stereocenters. The first-order chi connectivity index (χ1) is 6.63. The predicted molar refractivity (Wildman–Crippen MR) is 59.4 cm³/mol. The minimum absolute atomic E-state index is 0.479. The first-order valence-electron chi connectivity index (χ1n) is 4.28. The molecule has 72 valence electrons. The maximum Gasteiger partial charge on any atom is 0.146 e. The van der Waals surface area contributed by atoms with Crippen LogP contribution in [-0.2, 0) is 6.54 Å². The van der Waals surface area contributed by atoms with Gasteiger partial charge in [0.05, 0.1) is 12.0 Å². The van der Waals surface area contributed by atoms with Gasteiger partial charge in [-0.3, -0.25) is 0 Å². The standard InChI is InChI=1S/C9H13BN4/c1-14(2)5-7-3-4-8(10)9(13-7)12-6-11/h3-4,6H,5H2,1-2H3,(H2,11,12,13). The Kier molecular flexibility index (Phi) is 3.65. The maximum absolute atomic E-state index is 5.66. The monoisotopic (exact) mass is 188 g/mol. The molecule has 0 amide bonds. The van der Waals surface area contributed by atoms with Crippen molar-refractivity contribution in [3.63, 3.8) is 0 Å². The molecule has 0 saturated carbocycles. The molecule has 1 rings (SSSR count). The van der Waals surface area contributed by atoms with Crippen LogP contribution in [-0.4, -0.2) is 38.2 Å². The lowest BCUT2D eigenvalue weighted by molar-refractivity contribution is 0.397. The van der Waals surface area contributed by atoms with E-state index in [0.717, 1.165) is 12.2 Å². The molecule has 1 aromatic heterocycles. The highest BCUT2D eigenvalue weighted by molar-refractivity contribution is 6.35. The molecule has 0 spiro atoms. The zero-order valence-corrected chi connectivity index (χ0v) is 8.44. The van der Waals surface area contributed by atoms with Crippen molar-refractivity contribution < 1.29 is 0 Å². The van der Waals surface area contributed by atoms with Crippen molar-refractivity contribution >= 4 is 25.5 Å². The molecule has 0 fully saturated rings. The summed E-state index contributed by atoms with van der Waals surface area (Å²) in [6, 6.07) is 3.67. The van der Waals surface area contributed by atoms with Gasteiger partial charge in [0.15, 0.2) is 0 Å². The van der Waals surface area contributed by atoms with Crippen molar-refractivity contribution in [3.8, 4) is 0 Å². The minimum atomic E-state index is 0.479. The molecule has 2 N–H and O–H groups in total. The van der Waals surface area contributed by atoms with Crippen LogP contribution < -0.4 is 11.2 Å². The van der Waals surface area contributed by atoms with E-state index in [9.17, 15) is 0 Å². The highest BCUT2D eigenvalue weighted by Gasteiger charge is 2.00. The summed E-state index contributed by atoms with van der Waals surface area (Å²) in [7, 11) is 9.61. The number of aliphatic imine (C=N–C) groups is 1. The number of nitrogens with zero attached hydrogens (tertiary/aromatic N) is 3. The summed E-state index contributed by atoms with van der Waals surface area (Å²) >= 11 is 0. The molecule has 0 saturated heterocycles. The number of hydrogen-bond donors (Lipinski definition) is 1. The SMILES string of the molecule is [B]c1ccc(CN(C)C)nc1N=CN. The average molecular weight is 188 g/mol. The molecule has 1 heterocycles. The Bertz CT molecular complexity index is 336. The molecule has 0 bridgehead atoms. The van der Waals surface area contributed by atoms with Gasteiger partial charge in [0.25, 0.3) is 0 Å². The molecule has 2 radical (unpaired) electrons. The number of hydrogen-bond acceptors (Lipinski definition) is 3. The van der Waals surface area contributed by atoms with Gasteiger partial charge in [0.2, 0.25) is 0 Å². The van der Waals surface area contributed by atoms with Crippen LogP contribution in [0.25, 0.3) is 0 Å². The van der Waals surface area contributed by atoms with Crippen molar-refractivity contribution in [1.29, 1.82) is 0 Å². The Balaban J connectivity index is 2.94. The van der Waals surface area contributed by atoms with E-state index in [1.165, 1.54) is 6.34 Å². The quantitative estimate of drug-likeness (QED) is 0.397. The van der Waals surface area contributed by atoms with Gasteiger partial charge in [-0.25, -0.2) is 9.98 Å². The lowest BCUT2D eigenvalue weighted by Crippen LogP contribution is -2.14. The zero-order chi connectivity index (χ0) is 10.6. The van der Waals surface area contributed by atoms with E-state index in [-0.39, 0.29) is 0 Å². The number of rotatable bonds is 3. The van der Waals surface area contributed by atoms with E-state index in [4.69, 9.17) is 13.6 Å². The van der Waals surface area contributed by atoms with Crippen LogP contribution in [0.1, 0.15) is 5.69 Å². The fourth-order valence-corrected chi connectivity index (χ4v) is 1.08. The Morgan fingerprint density at radius 1 is 1.57 bits per heavy atom.